The van der Waals surface area contributed by atoms with Gasteiger partial charge < -0.3 is 19.9 Å². The monoisotopic (exact) mass is 536 g/mol. The van der Waals surface area contributed by atoms with Gasteiger partial charge >= 0.3 is 0 Å². The van der Waals surface area contributed by atoms with Gasteiger partial charge in [-0.05, 0) is 42.0 Å². The second-order valence-corrected chi connectivity index (χ2v) is 9.56. The van der Waals surface area contributed by atoms with E-state index in [1.165, 1.54) is 25.3 Å². The fourth-order valence-corrected chi connectivity index (χ4v) is 4.67. The van der Waals surface area contributed by atoms with E-state index in [-0.39, 0.29) is 12.2 Å². The van der Waals surface area contributed by atoms with Crippen molar-refractivity contribution >= 4 is 26.6 Å². The van der Waals surface area contributed by atoms with E-state index in [9.17, 15) is 26.7 Å². The van der Waals surface area contributed by atoms with Crippen LogP contribution in [0.5, 0.6) is 11.6 Å². The molecule has 9 nitrogen and oxygen atoms in total. The number of rotatable bonds is 11. The third-order valence-electron chi connectivity index (χ3n) is 5.39. The molecule has 0 amide bonds. The van der Waals surface area contributed by atoms with Crippen LogP contribution in [0.15, 0.2) is 59.5 Å². The molecule has 13 heteroatoms. The molecular formula is C24H23F3N4O5S. The number of halogens is 3. The van der Waals surface area contributed by atoms with Crippen LogP contribution in [0.25, 0.3) is 10.9 Å². The zero-order valence-corrected chi connectivity index (χ0v) is 20.3. The second kappa shape index (κ2) is 11.1. The van der Waals surface area contributed by atoms with Crippen molar-refractivity contribution in [3.8, 4) is 11.6 Å². The number of aliphatic hydroxyl groups is 1. The first kappa shape index (κ1) is 26.3. The molecule has 0 bridgehead atoms. The van der Waals surface area contributed by atoms with Gasteiger partial charge in [-0.1, -0.05) is 12.1 Å². The van der Waals surface area contributed by atoms with E-state index in [0.29, 0.717) is 42.5 Å². The summed E-state index contributed by atoms with van der Waals surface area (Å²) in [6.45, 7) is 0.848. The van der Waals surface area contributed by atoms with Gasteiger partial charge in [0.1, 0.15) is 17.3 Å². The molecule has 0 radical (unpaired) electrons. The summed E-state index contributed by atoms with van der Waals surface area (Å²) in [5, 5.41) is 21.2. The molecule has 1 atom stereocenters. The van der Waals surface area contributed by atoms with Gasteiger partial charge in [0.05, 0.1) is 24.1 Å². The Morgan fingerprint density at radius 1 is 1.08 bits per heavy atom. The van der Waals surface area contributed by atoms with E-state index in [1.54, 1.807) is 18.2 Å². The fraction of sp³-hybridized carbons (Fsp3) is 0.208. The lowest BCUT2D eigenvalue weighted by Crippen LogP contribution is -2.26. The molecule has 4 aromatic rings. The van der Waals surface area contributed by atoms with Gasteiger partial charge in [-0.25, -0.2) is 21.6 Å². The van der Waals surface area contributed by atoms with E-state index in [0.717, 1.165) is 10.9 Å². The lowest BCUT2D eigenvalue weighted by atomic mass is 10.1. The van der Waals surface area contributed by atoms with Crippen LogP contribution in [0.3, 0.4) is 0 Å². The number of sulfonamides is 1. The maximum absolute atomic E-state index is 14.0. The number of aliphatic hydroxyl groups excluding tert-OH is 1. The number of benzene rings is 3. The Morgan fingerprint density at radius 2 is 1.89 bits per heavy atom. The first-order valence-corrected chi connectivity index (χ1v) is 12.5. The number of methoxy groups -OCH3 is 1. The Kier molecular flexibility index (Phi) is 7.86. The molecule has 0 saturated carbocycles. The molecule has 0 spiro atoms. The van der Waals surface area contributed by atoms with Gasteiger partial charge in [-0.3, -0.25) is 9.82 Å². The molecule has 0 aliphatic rings. The molecule has 37 heavy (non-hydrogen) atoms. The first-order valence-electron chi connectivity index (χ1n) is 11.0. The van der Waals surface area contributed by atoms with E-state index < -0.39 is 38.5 Å². The second-order valence-electron chi connectivity index (χ2n) is 7.91. The summed E-state index contributed by atoms with van der Waals surface area (Å²) in [4.78, 5) is -1.04. The van der Waals surface area contributed by atoms with Crippen LogP contribution in [-0.4, -0.2) is 50.5 Å². The number of anilines is 1. The van der Waals surface area contributed by atoms with Crippen molar-refractivity contribution in [1.82, 2.24) is 15.5 Å². The van der Waals surface area contributed by atoms with Crippen LogP contribution < -0.4 is 19.5 Å². The largest absolute Gasteiger partial charge is 0.492 e. The Morgan fingerprint density at radius 3 is 2.68 bits per heavy atom. The number of nitrogens with zero attached hydrogens (tertiary/aromatic N) is 1. The van der Waals surface area contributed by atoms with E-state index in [4.69, 9.17) is 9.47 Å². The summed E-state index contributed by atoms with van der Waals surface area (Å²) in [6, 6.07) is 12.3. The predicted molar refractivity (Wildman–Crippen MR) is 130 cm³/mol. The highest BCUT2D eigenvalue weighted by Gasteiger charge is 2.24. The lowest BCUT2D eigenvalue weighted by Gasteiger charge is -2.15. The molecule has 4 N–H and O–H groups in total. The Balaban J connectivity index is 1.30. The van der Waals surface area contributed by atoms with Gasteiger partial charge in [0.2, 0.25) is 5.88 Å². The van der Waals surface area contributed by atoms with Gasteiger partial charge in [-0.15, -0.1) is 5.10 Å². The van der Waals surface area contributed by atoms with Crippen LogP contribution in [0, 0.1) is 17.5 Å². The number of hydrogen-bond donors (Lipinski definition) is 4. The minimum absolute atomic E-state index is 0.00912. The van der Waals surface area contributed by atoms with Gasteiger partial charge in [-0.2, -0.15) is 0 Å². The predicted octanol–water partition coefficient (Wildman–Crippen LogP) is 3.49. The number of nitrogens with one attached hydrogen (secondary N) is 3. The third-order valence-corrected chi connectivity index (χ3v) is 6.79. The first-order chi connectivity index (χ1) is 17.7. The fourth-order valence-electron chi connectivity index (χ4n) is 3.55. The Hall–Kier alpha value is -3.81. The number of ether oxygens (including phenoxy) is 2. The summed E-state index contributed by atoms with van der Waals surface area (Å²) >= 11 is 0. The van der Waals surface area contributed by atoms with Crippen molar-refractivity contribution in [2.24, 2.45) is 0 Å². The topological polar surface area (TPSA) is 126 Å². The molecule has 1 unspecified atom stereocenters. The molecule has 1 aromatic heterocycles. The molecule has 3 aromatic carbocycles. The average Bonchev–Trinajstić information content (AvgIpc) is 3.29. The highest BCUT2D eigenvalue weighted by Crippen LogP contribution is 2.26. The van der Waals surface area contributed by atoms with E-state index in [1.807, 2.05) is 6.07 Å². The third kappa shape index (κ3) is 5.96. The van der Waals surface area contributed by atoms with E-state index in [2.05, 4.69) is 20.2 Å². The molecule has 196 valence electrons. The SMILES string of the molecule is COc1n[nH]c2cc(OCCNCC(O)c3cccc(NS(=O)(=O)c4ccc(F)c(F)c4F)c3)ccc12. The Labute approximate surface area is 210 Å². The summed E-state index contributed by atoms with van der Waals surface area (Å²) in [7, 11) is -3.02. The minimum Gasteiger partial charge on any atom is -0.492 e. The summed E-state index contributed by atoms with van der Waals surface area (Å²) < 4.78 is 78.5. The molecule has 0 aliphatic carbocycles. The zero-order chi connectivity index (χ0) is 26.6. The summed E-state index contributed by atoms with van der Waals surface area (Å²) in [5.74, 6) is -4.09. The number of hydrogen-bond acceptors (Lipinski definition) is 7. The van der Waals surface area contributed by atoms with Gasteiger partial charge in [0.25, 0.3) is 10.0 Å². The summed E-state index contributed by atoms with van der Waals surface area (Å²) in [5.41, 5.74) is 1.15. The minimum atomic E-state index is -4.55. The molecular weight excluding hydrogens is 513 g/mol. The van der Waals surface area contributed by atoms with Crippen molar-refractivity contribution in [2.45, 2.75) is 11.0 Å². The average molecular weight is 537 g/mol. The number of H-pyrrole nitrogens is 1. The maximum Gasteiger partial charge on any atom is 0.264 e. The standard InChI is InChI=1S/C24H23F3N4O5S/c1-35-24-17-6-5-16(12-19(17)29-30-24)36-10-9-28-13-20(32)14-3-2-4-15(11-14)31-37(33,34)21-8-7-18(25)22(26)23(21)27/h2-8,11-12,20,28,31-32H,9-10,13H2,1H3,(H,29,30). The molecule has 0 fully saturated rings. The number of fused-ring (bicyclic) bond motifs is 1. The maximum atomic E-state index is 14.0. The highest BCUT2D eigenvalue weighted by atomic mass is 32.2. The molecule has 1 heterocycles. The van der Waals surface area contributed by atoms with Crippen LogP contribution in [0.4, 0.5) is 18.9 Å². The molecule has 4 rings (SSSR count). The number of aromatic nitrogens is 2. The van der Waals surface area contributed by atoms with Crippen LogP contribution in [0.1, 0.15) is 11.7 Å². The van der Waals surface area contributed by atoms with Crippen LogP contribution in [0.2, 0.25) is 0 Å². The normalized spacial score (nSPS) is 12.5. The van der Waals surface area contributed by atoms with E-state index >= 15 is 0 Å². The van der Waals surface area contributed by atoms with Crippen molar-refractivity contribution < 1.29 is 36.2 Å². The highest BCUT2D eigenvalue weighted by molar-refractivity contribution is 7.92. The molecule has 0 saturated heterocycles. The van der Waals surface area contributed by atoms with Gasteiger partial charge in [0.15, 0.2) is 17.5 Å². The zero-order valence-electron chi connectivity index (χ0n) is 19.5. The van der Waals surface area contributed by atoms with Crippen molar-refractivity contribution in [2.75, 3.05) is 31.5 Å². The smallest absolute Gasteiger partial charge is 0.264 e. The van der Waals surface area contributed by atoms with Crippen LogP contribution in [-0.2, 0) is 10.0 Å². The Bertz CT molecular complexity index is 1510. The summed E-state index contributed by atoms with van der Waals surface area (Å²) in [6.07, 6.45) is -1.00. The van der Waals surface area contributed by atoms with Crippen LogP contribution >= 0.6 is 0 Å². The molecule has 0 aliphatic heterocycles. The van der Waals surface area contributed by atoms with Crippen molar-refractivity contribution in [1.29, 1.82) is 0 Å². The lowest BCUT2D eigenvalue weighted by molar-refractivity contribution is 0.172. The van der Waals surface area contributed by atoms with Crippen molar-refractivity contribution in [3.63, 3.8) is 0 Å². The van der Waals surface area contributed by atoms with Crippen molar-refractivity contribution in [3.05, 3.63) is 77.6 Å². The number of aromatic amines is 1. The van der Waals surface area contributed by atoms with Gasteiger partial charge in [0, 0.05) is 24.8 Å². The quantitative estimate of drug-likeness (QED) is 0.171.